The number of hydrogen-bond acceptors (Lipinski definition) is 3. The third-order valence-electron chi connectivity index (χ3n) is 4.03. The summed E-state index contributed by atoms with van der Waals surface area (Å²) in [7, 11) is 4.34. The predicted molar refractivity (Wildman–Crippen MR) is 91.1 cm³/mol. The van der Waals surface area contributed by atoms with E-state index in [-0.39, 0.29) is 0 Å². The Morgan fingerprint density at radius 1 is 0.950 bits per heavy atom. The Labute approximate surface area is 127 Å². The summed E-state index contributed by atoms with van der Waals surface area (Å²) in [6, 6.07) is 0.640. The molecule has 0 atom stereocenters. The predicted octanol–water partition coefficient (Wildman–Crippen LogP) is 3.19. The van der Waals surface area contributed by atoms with Crippen LogP contribution in [0.25, 0.3) is 0 Å². The van der Waals surface area contributed by atoms with Gasteiger partial charge >= 0.3 is 0 Å². The highest BCUT2D eigenvalue weighted by Crippen LogP contribution is 2.11. The van der Waals surface area contributed by atoms with Crippen molar-refractivity contribution in [2.24, 2.45) is 5.92 Å². The second kappa shape index (κ2) is 11.2. The number of hydrogen-bond donors (Lipinski definition) is 1. The fourth-order valence-electron chi connectivity index (χ4n) is 2.00. The minimum Gasteiger partial charge on any atom is -0.378 e. The number of likely N-dealkylation sites (N-methyl/N-ethyl adjacent to an activating group) is 1. The Kier molecular flexibility index (Phi) is 10.9. The summed E-state index contributed by atoms with van der Waals surface area (Å²) in [6.07, 6.45) is 3.83. The van der Waals surface area contributed by atoms with Crippen LogP contribution in [0.2, 0.25) is 0 Å². The molecule has 20 heavy (non-hydrogen) atoms. The van der Waals surface area contributed by atoms with Crippen molar-refractivity contribution >= 4 is 0 Å². The summed E-state index contributed by atoms with van der Waals surface area (Å²) in [5.74, 6) is 0.555. The van der Waals surface area contributed by atoms with Crippen LogP contribution >= 0.6 is 0 Å². The number of unbranched alkanes of at least 4 members (excludes halogenated alkanes) is 2. The van der Waals surface area contributed by atoms with Crippen molar-refractivity contribution in [3.63, 3.8) is 0 Å². The van der Waals surface area contributed by atoms with Crippen LogP contribution in [0, 0.1) is 5.92 Å². The van der Waals surface area contributed by atoms with Gasteiger partial charge in [-0.25, -0.2) is 0 Å². The zero-order valence-corrected chi connectivity index (χ0v) is 14.7. The molecule has 0 aromatic rings. The first-order valence-corrected chi connectivity index (χ1v) is 8.17. The smallest absolute Gasteiger partial charge is 0.0171 e. The lowest BCUT2D eigenvalue weighted by Gasteiger charge is -2.24. The molecule has 0 saturated carbocycles. The highest BCUT2D eigenvalue weighted by molar-refractivity contribution is 4.95. The van der Waals surface area contributed by atoms with Crippen LogP contribution in [0.3, 0.4) is 0 Å². The van der Waals surface area contributed by atoms with Gasteiger partial charge in [0.25, 0.3) is 0 Å². The Morgan fingerprint density at radius 2 is 1.60 bits per heavy atom. The molecule has 0 fully saturated rings. The molecule has 120 valence electrons. The maximum absolute atomic E-state index is 4.13. The minimum atomic E-state index is 0.555. The van der Waals surface area contributed by atoms with E-state index >= 15 is 0 Å². The highest BCUT2D eigenvalue weighted by atomic mass is 15.1. The molecule has 0 heterocycles. The van der Waals surface area contributed by atoms with Gasteiger partial charge in [-0.15, -0.1) is 0 Å². The highest BCUT2D eigenvalue weighted by Gasteiger charge is 2.05. The van der Waals surface area contributed by atoms with Gasteiger partial charge in [0.2, 0.25) is 0 Å². The first-order chi connectivity index (χ1) is 9.36. The van der Waals surface area contributed by atoms with E-state index < -0.39 is 0 Å². The average Bonchev–Trinajstić information content (AvgIpc) is 2.39. The monoisotopic (exact) mass is 283 g/mol. The van der Waals surface area contributed by atoms with Crippen molar-refractivity contribution in [3.8, 4) is 0 Å². The van der Waals surface area contributed by atoms with Crippen LogP contribution in [0.5, 0.6) is 0 Å². The second-order valence-electron chi connectivity index (χ2n) is 6.45. The van der Waals surface area contributed by atoms with Gasteiger partial charge < -0.3 is 15.1 Å². The third kappa shape index (κ3) is 9.38. The number of nitrogens with zero attached hydrogens (tertiary/aromatic N) is 2. The van der Waals surface area contributed by atoms with Crippen molar-refractivity contribution in [1.82, 2.24) is 15.1 Å². The van der Waals surface area contributed by atoms with Crippen LogP contribution < -0.4 is 5.32 Å². The summed E-state index contributed by atoms with van der Waals surface area (Å²) >= 11 is 0. The van der Waals surface area contributed by atoms with Crippen molar-refractivity contribution in [1.29, 1.82) is 0 Å². The average molecular weight is 284 g/mol. The molecule has 0 aliphatic rings. The molecule has 0 aromatic heterocycles. The van der Waals surface area contributed by atoms with E-state index in [0.29, 0.717) is 12.0 Å². The van der Waals surface area contributed by atoms with Crippen molar-refractivity contribution in [2.45, 2.75) is 53.0 Å². The van der Waals surface area contributed by atoms with E-state index in [1.165, 1.54) is 25.0 Å². The number of allylic oxidation sites excluding steroid dienone is 1. The molecule has 0 saturated heterocycles. The summed E-state index contributed by atoms with van der Waals surface area (Å²) < 4.78 is 0. The first-order valence-electron chi connectivity index (χ1n) is 8.17. The molecule has 0 aliphatic carbocycles. The summed E-state index contributed by atoms with van der Waals surface area (Å²) in [5.41, 5.74) is 1.25. The summed E-state index contributed by atoms with van der Waals surface area (Å²) in [5, 5.41) is 3.53. The molecule has 0 aromatic carbocycles. The van der Waals surface area contributed by atoms with E-state index in [2.05, 4.69) is 63.5 Å². The lowest BCUT2D eigenvalue weighted by molar-refractivity contribution is 0.273. The molecule has 1 N–H and O–H groups in total. The molecule has 0 bridgehead atoms. The Hall–Kier alpha value is -0.540. The Bertz CT molecular complexity index is 249. The maximum atomic E-state index is 4.13. The molecule has 3 nitrogen and oxygen atoms in total. The van der Waals surface area contributed by atoms with Crippen molar-refractivity contribution in [2.75, 3.05) is 40.3 Å². The molecule has 0 radical (unpaired) electrons. The molecule has 0 aliphatic heterocycles. The molecule has 0 rings (SSSR count). The van der Waals surface area contributed by atoms with E-state index in [1.54, 1.807) is 0 Å². The standard InChI is InChI=1S/C17H37N3/c1-15(2)17(5)20(7)13-10-8-9-11-18-12-14-19(6)16(3)4/h15-16,18H,5,8-14H2,1-4,6-7H3. The molecule has 3 heteroatoms. The Balaban J connectivity index is 3.39. The van der Waals surface area contributed by atoms with Crippen LogP contribution in [-0.2, 0) is 0 Å². The molecule has 0 amide bonds. The quantitative estimate of drug-likeness (QED) is 0.555. The second-order valence-corrected chi connectivity index (χ2v) is 6.45. The van der Waals surface area contributed by atoms with E-state index in [0.717, 1.165) is 26.2 Å². The Morgan fingerprint density at radius 3 is 2.15 bits per heavy atom. The normalized spacial score (nSPS) is 11.7. The van der Waals surface area contributed by atoms with Gasteiger partial charge in [-0.05, 0) is 46.2 Å². The van der Waals surface area contributed by atoms with Crippen LogP contribution in [0.15, 0.2) is 12.3 Å². The molecule has 0 spiro atoms. The fraction of sp³-hybridized carbons (Fsp3) is 0.882. The topological polar surface area (TPSA) is 18.5 Å². The van der Waals surface area contributed by atoms with Gasteiger partial charge in [-0.1, -0.05) is 26.8 Å². The van der Waals surface area contributed by atoms with E-state index in [4.69, 9.17) is 0 Å². The largest absolute Gasteiger partial charge is 0.378 e. The van der Waals surface area contributed by atoms with Crippen LogP contribution in [-0.4, -0.2) is 56.1 Å². The van der Waals surface area contributed by atoms with E-state index in [1.807, 2.05) is 0 Å². The van der Waals surface area contributed by atoms with Crippen molar-refractivity contribution < 1.29 is 0 Å². The molecule has 0 unspecified atom stereocenters. The zero-order valence-electron chi connectivity index (χ0n) is 14.7. The number of nitrogens with one attached hydrogen (secondary N) is 1. The third-order valence-corrected chi connectivity index (χ3v) is 4.03. The molecular weight excluding hydrogens is 246 g/mol. The maximum Gasteiger partial charge on any atom is 0.0171 e. The van der Waals surface area contributed by atoms with Gasteiger partial charge in [0.05, 0.1) is 0 Å². The van der Waals surface area contributed by atoms with E-state index in [9.17, 15) is 0 Å². The summed E-state index contributed by atoms with van der Waals surface area (Å²) in [6.45, 7) is 17.5. The van der Waals surface area contributed by atoms with Crippen LogP contribution in [0.4, 0.5) is 0 Å². The zero-order chi connectivity index (χ0) is 15.5. The van der Waals surface area contributed by atoms with Gasteiger partial charge in [-0.2, -0.15) is 0 Å². The van der Waals surface area contributed by atoms with Crippen LogP contribution in [0.1, 0.15) is 47.0 Å². The van der Waals surface area contributed by atoms with Gasteiger partial charge in [-0.3, -0.25) is 0 Å². The first kappa shape index (κ1) is 19.5. The summed E-state index contributed by atoms with van der Waals surface area (Å²) in [4.78, 5) is 4.68. The fourth-order valence-corrected chi connectivity index (χ4v) is 2.00. The minimum absolute atomic E-state index is 0.555. The van der Waals surface area contributed by atoms with Crippen molar-refractivity contribution in [3.05, 3.63) is 12.3 Å². The molecular formula is C17H37N3. The lowest BCUT2D eigenvalue weighted by Crippen LogP contribution is -2.34. The van der Waals surface area contributed by atoms with Gasteiger partial charge in [0.15, 0.2) is 0 Å². The number of rotatable bonds is 12. The SMILES string of the molecule is C=C(C(C)C)N(C)CCCCCNCCN(C)C(C)C. The lowest BCUT2D eigenvalue weighted by atomic mass is 10.1. The van der Waals surface area contributed by atoms with Gasteiger partial charge in [0, 0.05) is 38.4 Å². The van der Waals surface area contributed by atoms with Gasteiger partial charge in [0.1, 0.15) is 0 Å².